The zero-order valence-electron chi connectivity index (χ0n) is 7.25. The minimum absolute atomic E-state index is 0.224. The highest BCUT2D eigenvalue weighted by molar-refractivity contribution is 5.61. The summed E-state index contributed by atoms with van der Waals surface area (Å²) in [7, 11) is 0. The molecule has 1 aromatic heterocycles. The summed E-state index contributed by atoms with van der Waals surface area (Å²) in [6.07, 6.45) is 1.54. The summed E-state index contributed by atoms with van der Waals surface area (Å²) in [5.41, 5.74) is 0.793. The molecule has 1 heterocycles. The van der Waals surface area contributed by atoms with E-state index in [2.05, 4.69) is 11.1 Å². The number of aromatic amines is 1. The molecular formula is C11H7FNO. The molecule has 0 aliphatic rings. The molecule has 0 aliphatic heterocycles. The molecule has 0 atom stereocenters. The second-order valence-corrected chi connectivity index (χ2v) is 2.84. The Morgan fingerprint density at radius 1 is 1.36 bits per heavy atom. The Morgan fingerprint density at radius 3 is 2.93 bits per heavy atom. The Kier molecular flexibility index (Phi) is 2.14. The molecule has 0 fully saturated rings. The molecule has 2 nitrogen and oxygen atoms in total. The number of hydrogen-bond donors (Lipinski definition) is 1. The lowest BCUT2D eigenvalue weighted by Gasteiger charge is -1.98. The van der Waals surface area contributed by atoms with Gasteiger partial charge in [0.1, 0.15) is 5.82 Å². The van der Waals surface area contributed by atoms with Crippen molar-refractivity contribution < 1.29 is 4.39 Å². The van der Waals surface area contributed by atoms with E-state index in [1.807, 2.05) is 0 Å². The third kappa shape index (κ3) is 1.57. The largest absolute Gasteiger partial charge is 0.329 e. The summed E-state index contributed by atoms with van der Waals surface area (Å²) < 4.78 is 12.8. The third-order valence-electron chi connectivity index (χ3n) is 1.90. The van der Waals surface area contributed by atoms with Gasteiger partial charge in [0.25, 0.3) is 5.56 Å². The maximum atomic E-state index is 12.8. The fourth-order valence-corrected chi connectivity index (χ4v) is 1.25. The molecule has 0 amide bonds. The van der Waals surface area contributed by atoms with Gasteiger partial charge in [-0.3, -0.25) is 4.79 Å². The van der Waals surface area contributed by atoms with E-state index in [-0.39, 0.29) is 5.56 Å². The number of rotatable bonds is 1. The first-order valence-electron chi connectivity index (χ1n) is 4.13. The van der Waals surface area contributed by atoms with E-state index in [0.717, 1.165) is 0 Å². The van der Waals surface area contributed by atoms with Crippen LogP contribution in [0, 0.1) is 11.9 Å². The summed E-state index contributed by atoms with van der Waals surface area (Å²) in [4.78, 5) is 13.9. The summed E-state index contributed by atoms with van der Waals surface area (Å²) >= 11 is 0. The number of aromatic nitrogens is 1. The molecule has 0 bridgehead atoms. The fourth-order valence-electron chi connectivity index (χ4n) is 1.25. The molecule has 2 rings (SSSR count). The molecule has 3 heteroatoms. The van der Waals surface area contributed by atoms with E-state index in [1.165, 1.54) is 18.3 Å². The van der Waals surface area contributed by atoms with E-state index in [1.54, 1.807) is 18.2 Å². The van der Waals surface area contributed by atoms with Gasteiger partial charge in [0, 0.05) is 17.8 Å². The van der Waals surface area contributed by atoms with Crippen LogP contribution in [-0.2, 0) is 0 Å². The molecule has 1 N–H and O–H groups in total. The van der Waals surface area contributed by atoms with Crippen molar-refractivity contribution in [2.45, 2.75) is 0 Å². The van der Waals surface area contributed by atoms with E-state index < -0.39 is 5.82 Å². The van der Waals surface area contributed by atoms with Crippen molar-refractivity contribution in [3.05, 3.63) is 58.8 Å². The van der Waals surface area contributed by atoms with E-state index in [4.69, 9.17) is 0 Å². The predicted molar refractivity (Wildman–Crippen MR) is 51.3 cm³/mol. The quantitative estimate of drug-likeness (QED) is 0.729. The predicted octanol–water partition coefficient (Wildman–Crippen LogP) is 1.98. The second-order valence-electron chi connectivity index (χ2n) is 2.84. The van der Waals surface area contributed by atoms with Crippen LogP contribution >= 0.6 is 0 Å². The molecule has 14 heavy (non-hydrogen) atoms. The highest BCUT2D eigenvalue weighted by Crippen LogP contribution is 2.14. The summed E-state index contributed by atoms with van der Waals surface area (Å²) in [5.74, 6) is -0.467. The van der Waals surface area contributed by atoms with Crippen molar-refractivity contribution in [1.29, 1.82) is 0 Å². The van der Waals surface area contributed by atoms with Crippen LogP contribution < -0.4 is 5.56 Å². The van der Waals surface area contributed by atoms with Gasteiger partial charge >= 0.3 is 0 Å². The Labute approximate surface area is 80.0 Å². The van der Waals surface area contributed by atoms with Gasteiger partial charge in [-0.2, -0.15) is 0 Å². The van der Waals surface area contributed by atoms with Crippen LogP contribution in [0.4, 0.5) is 4.39 Å². The molecule has 0 spiro atoms. The van der Waals surface area contributed by atoms with Crippen LogP contribution in [0.1, 0.15) is 0 Å². The van der Waals surface area contributed by atoms with Crippen LogP contribution in [0.5, 0.6) is 0 Å². The maximum absolute atomic E-state index is 12.8. The van der Waals surface area contributed by atoms with Crippen molar-refractivity contribution in [1.82, 2.24) is 4.98 Å². The average Bonchev–Trinajstić information content (AvgIpc) is 2.18. The third-order valence-corrected chi connectivity index (χ3v) is 1.90. The monoisotopic (exact) mass is 188 g/mol. The van der Waals surface area contributed by atoms with Gasteiger partial charge in [-0.15, -0.1) is 0 Å². The Bertz CT molecular complexity index is 504. The second kappa shape index (κ2) is 3.46. The lowest BCUT2D eigenvalue weighted by atomic mass is 10.1. The van der Waals surface area contributed by atoms with Crippen molar-refractivity contribution in [3.63, 3.8) is 0 Å². The molecule has 0 saturated carbocycles. The van der Waals surface area contributed by atoms with Gasteiger partial charge in [-0.05, 0) is 23.8 Å². The van der Waals surface area contributed by atoms with Crippen molar-refractivity contribution >= 4 is 0 Å². The van der Waals surface area contributed by atoms with Crippen LogP contribution in [-0.4, -0.2) is 4.98 Å². The Hall–Kier alpha value is -1.90. The summed E-state index contributed by atoms with van der Waals surface area (Å²) in [5, 5.41) is 0. The number of H-pyrrole nitrogens is 1. The fraction of sp³-hybridized carbons (Fsp3) is 0. The van der Waals surface area contributed by atoms with Gasteiger partial charge in [-0.25, -0.2) is 4.39 Å². The van der Waals surface area contributed by atoms with E-state index >= 15 is 0 Å². The van der Waals surface area contributed by atoms with Crippen LogP contribution in [0.2, 0.25) is 0 Å². The first kappa shape index (κ1) is 8.69. The standard InChI is InChI=1S/C11H7FNO/c12-9-4-1-3-8(7-9)10-5-2-6-13-11(10)14/h1-3,5-7H,(H,13,14). The van der Waals surface area contributed by atoms with Gasteiger partial charge in [-0.1, -0.05) is 12.1 Å². The topological polar surface area (TPSA) is 32.9 Å². The Morgan fingerprint density at radius 2 is 2.21 bits per heavy atom. The highest BCUT2D eigenvalue weighted by atomic mass is 19.1. The zero-order chi connectivity index (χ0) is 9.97. The van der Waals surface area contributed by atoms with Gasteiger partial charge in [0.15, 0.2) is 0 Å². The smallest absolute Gasteiger partial charge is 0.255 e. The molecular weight excluding hydrogens is 181 g/mol. The number of nitrogens with one attached hydrogen (secondary N) is 1. The van der Waals surface area contributed by atoms with Gasteiger partial charge in [0.05, 0.1) is 0 Å². The van der Waals surface area contributed by atoms with Gasteiger partial charge in [0.2, 0.25) is 0 Å². The average molecular weight is 188 g/mol. The Balaban J connectivity index is 2.61. The van der Waals surface area contributed by atoms with E-state index in [0.29, 0.717) is 11.1 Å². The maximum Gasteiger partial charge on any atom is 0.255 e. The van der Waals surface area contributed by atoms with E-state index in [9.17, 15) is 9.18 Å². The number of halogens is 1. The zero-order valence-corrected chi connectivity index (χ0v) is 7.25. The lowest BCUT2D eigenvalue weighted by molar-refractivity contribution is 0.626. The van der Waals surface area contributed by atoms with Crippen LogP contribution in [0.3, 0.4) is 0 Å². The molecule has 69 valence electrons. The molecule has 0 unspecified atom stereocenters. The number of benzene rings is 1. The molecule has 1 aromatic carbocycles. The first-order chi connectivity index (χ1) is 6.77. The molecule has 2 aromatic rings. The van der Waals surface area contributed by atoms with Crippen molar-refractivity contribution in [2.75, 3.05) is 0 Å². The van der Waals surface area contributed by atoms with Crippen molar-refractivity contribution in [3.8, 4) is 11.1 Å². The van der Waals surface area contributed by atoms with Gasteiger partial charge < -0.3 is 4.98 Å². The SMILES string of the molecule is O=c1[nH]cccc1-c1cc[c]c(F)c1. The minimum Gasteiger partial charge on any atom is -0.329 e. The minimum atomic E-state index is -0.467. The summed E-state index contributed by atoms with van der Waals surface area (Å²) in [6.45, 7) is 0. The number of pyridine rings is 1. The molecule has 1 radical (unpaired) electrons. The molecule has 0 saturated heterocycles. The number of hydrogen-bond acceptors (Lipinski definition) is 1. The van der Waals surface area contributed by atoms with Crippen molar-refractivity contribution in [2.24, 2.45) is 0 Å². The first-order valence-corrected chi connectivity index (χ1v) is 4.13. The van der Waals surface area contributed by atoms with Crippen LogP contribution in [0.15, 0.2) is 41.3 Å². The summed E-state index contributed by atoms with van der Waals surface area (Å²) in [6, 6.07) is 10.1. The lowest BCUT2D eigenvalue weighted by Crippen LogP contribution is -2.06. The normalized spacial score (nSPS) is 10.1. The van der Waals surface area contributed by atoms with Crippen LogP contribution in [0.25, 0.3) is 11.1 Å². The molecule has 0 aliphatic carbocycles. The highest BCUT2D eigenvalue weighted by Gasteiger charge is 2.02.